The highest BCUT2D eigenvalue weighted by Crippen LogP contribution is 2.22. The second-order valence-corrected chi connectivity index (χ2v) is 6.28. The van der Waals surface area contributed by atoms with Gasteiger partial charge in [-0.05, 0) is 25.0 Å². The van der Waals surface area contributed by atoms with E-state index >= 15 is 0 Å². The molecule has 1 aromatic rings. The van der Waals surface area contributed by atoms with Gasteiger partial charge >= 0.3 is 5.97 Å². The van der Waals surface area contributed by atoms with Crippen molar-refractivity contribution in [2.75, 3.05) is 6.61 Å². The average molecular weight is 320 g/mol. The molecule has 1 N–H and O–H groups in total. The Morgan fingerprint density at radius 3 is 2.09 bits per heavy atom. The highest BCUT2D eigenvalue weighted by Gasteiger charge is 2.13. The van der Waals surface area contributed by atoms with Crippen molar-refractivity contribution in [2.24, 2.45) is 0 Å². The van der Waals surface area contributed by atoms with E-state index < -0.39 is 5.97 Å². The molecule has 0 saturated heterocycles. The normalized spacial score (nSPS) is 10.7. The lowest BCUT2D eigenvalue weighted by Crippen LogP contribution is -2.06. The van der Waals surface area contributed by atoms with Gasteiger partial charge in [-0.3, -0.25) is 0 Å². The van der Waals surface area contributed by atoms with Crippen LogP contribution in [0.2, 0.25) is 0 Å². The van der Waals surface area contributed by atoms with Gasteiger partial charge < -0.3 is 9.84 Å². The Labute approximate surface area is 141 Å². The molecule has 0 bridgehead atoms. The van der Waals surface area contributed by atoms with Crippen LogP contribution in [-0.2, 0) is 0 Å². The third-order valence-electron chi connectivity index (χ3n) is 4.20. The van der Waals surface area contributed by atoms with E-state index in [1.807, 2.05) is 6.07 Å². The van der Waals surface area contributed by atoms with Gasteiger partial charge in [0.1, 0.15) is 11.3 Å². The van der Waals surface area contributed by atoms with Gasteiger partial charge in [0.25, 0.3) is 0 Å². The van der Waals surface area contributed by atoms with E-state index in [0.29, 0.717) is 17.9 Å². The summed E-state index contributed by atoms with van der Waals surface area (Å²) in [5.41, 5.74) is 1.04. The number of hydrogen-bond acceptors (Lipinski definition) is 2. The smallest absolute Gasteiger partial charge is 0.339 e. The van der Waals surface area contributed by atoms with E-state index in [1.54, 1.807) is 19.1 Å². The van der Waals surface area contributed by atoms with Crippen molar-refractivity contribution >= 4 is 5.97 Å². The highest BCUT2D eigenvalue weighted by molar-refractivity contribution is 5.92. The molecule has 0 saturated carbocycles. The fourth-order valence-electron chi connectivity index (χ4n) is 2.81. The molecule has 0 spiro atoms. The molecule has 3 nitrogen and oxygen atoms in total. The van der Waals surface area contributed by atoms with Crippen molar-refractivity contribution in [1.82, 2.24) is 0 Å². The summed E-state index contributed by atoms with van der Waals surface area (Å²) < 4.78 is 5.67. The molecular formula is C20H32O3. The molecule has 0 amide bonds. The van der Waals surface area contributed by atoms with E-state index in [9.17, 15) is 9.90 Å². The van der Waals surface area contributed by atoms with E-state index in [-0.39, 0.29) is 0 Å². The van der Waals surface area contributed by atoms with Crippen LogP contribution in [0.5, 0.6) is 5.75 Å². The number of unbranched alkanes of at least 4 members (excludes halogenated alkanes) is 9. The molecule has 3 heteroatoms. The molecule has 1 rings (SSSR count). The molecule has 0 aromatic heterocycles. The third-order valence-corrected chi connectivity index (χ3v) is 4.20. The number of carbonyl (C=O) groups is 1. The molecule has 0 aliphatic heterocycles. The second-order valence-electron chi connectivity index (χ2n) is 6.28. The minimum atomic E-state index is -0.916. The standard InChI is InChI=1S/C20H32O3/c1-3-4-5-6-7-8-9-10-11-12-16-23-18-15-13-14-17(2)19(18)20(21)22/h13-15H,3-12,16H2,1-2H3,(H,21,22). The van der Waals surface area contributed by atoms with E-state index in [1.165, 1.54) is 51.4 Å². The van der Waals surface area contributed by atoms with Crippen LogP contribution in [0.4, 0.5) is 0 Å². The maximum absolute atomic E-state index is 11.3. The topological polar surface area (TPSA) is 46.5 Å². The van der Waals surface area contributed by atoms with Crippen LogP contribution in [-0.4, -0.2) is 17.7 Å². The Morgan fingerprint density at radius 2 is 1.52 bits per heavy atom. The zero-order valence-corrected chi connectivity index (χ0v) is 14.8. The largest absolute Gasteiger partial charge is 0.493 e. The molecule has 0 aliphatic carbocycles. The summed E-state index contributed by atoms with van der Waals surface area (Å²) in [5, 5.41) is 9.24. The second kappa shape index (κ2) is 12.0. The summed E-state index contributed by atoms with van der Waals surface area (Å²) >= 11 is 0. The monoisotopic (exact) mass is 320 g/mol. The number of aromatic carboxylic acids is 1. The molecule has 1 aromatic carbocycles. The van der Waals surface area contributed by atoms with Crippen LogP contribution >= 0.6 is 0 Å². The van der Waals surface area contributed by atoms with Crippen LogP contribution in [0.1, 0.15) is 87.1 Å². The van der Waals surface area contributed by atoms with Gasteiger partial charge in [-0.2, -0.15) is 0 Å². The summed E-state index contributed by atoms with van der Waals surface area (Å²) in [4.78, 5) is 11.3. The predicted molar refractivity (Wildman–Crippen MR) is 95.5 cm³/mol. The Morgan fingerprint density at radius 1 is 0.957 bits per heavy atom. The molecular weight excluding hydrogens is 288 g/mol. The summed E-state index contributed by atoms with van der Waals surface area (Å²) in [6.45, 7) is 4.65. The Hall–Kier alpha value is -1.51. The van der Waals surface area contributed by atoms with Crippen LogP contribution < -0.4 is 4.74 Å². The first kappa shape index (κ1) is 19.5. The van der Waals surface area contributed by atoms with Gasteiger partial charge in [0, 0.05) is 0 Å². The van der Waals surface area contributed by atoms with Gasteiger partial charge in [0.15, 0.2) is 0 Å². The number of carboxylic acid groups (broad SMARTS) is 1. The van der Waals surface area contributed by atoms with Crippen molar-refractivity contribution in [3.05, 3.63) is 29.3 Å². The summed E-state index contributed by atoms with van der Waals surface area (Å²) in [7, 11) is 0. The Balaban J connectivity index is 2.10. The third kappa shape index (κ3) is 8.06. The number of carboxylic acids is 1. The SMILES string of the molecule is CCCCCCCCCCCCOc1cccc(C)c1C(=O)O. The van der Waals surface area contributed by atoms with E-state index in [2.05, 4.69) is 6.92 Å². The van der Waals surface area contributed by atoms with Crippen molar-refractivity contribution in [2.45, 2.75) is 78.1 Å². The molecule has 130 valence electrons. The first-order valence-electron chi connectivity index (χ1n) is 9.12. The van der Waals surface area contributed by atoms with Gasteiger partial charge in [0.2, 0.25) is 0 Å². The van der Waals surface area contributed by atoms with Crippen LogP contribution in [0, 0.1) is 6.92 Å². The minimum Gasteiger partial charge on any atom is -0.493 e. The maximum Gasteiger partial charge on any atom is 0.339 e. The fourth-order valence-corrected chi connectivity index (χ4v) is 2.81. The number of benzene rings is 1. The Bertz CT molecular complexity index is 454. The number of hydrogen-bond donors (Lipinski definition) is 1. The lowest BCUT2D eigenvalue weighted by Gasteiger charge is -2.10. The van der Waals surface area contributed by atoms with Crippen molar-refractivity contribution in [3.63, 3.8) is 0 Å². The maximum atomic E-state index is 11.3. The molecule has 23 heavy (non-hydrogen) atoms. The summed E-state index contributed by atoms with van der Waals surface area (Å²) in [5.74, 6) is -0.422. The van der Waals surface area contributed by atoms with Gasteiger partial charge in [-0.1, -0.05) is 76.8 Å². The zero-order chi connectivity index (χ0) is 16.9. The van der Waals surface area contributed by atoms with Crippen molar-refractivity contribution in [1.29, 1.82) is 0 Å². The number of ether oxygens (including phenoxy) is 1. The lowest BCUT2D eigenvalue weighted by molar-refractivity contribution is 0.0691. The molecule has 0 fully saturated rings. The quantitative estimate of drug-likeness (QED) is 0.454. The minimum absolute atomic E-state index is 0.291. The van der Waals surface area contributed by atoms with E-state index in [0.717, 1.165) is 18.4 Å². The lowest BCUT2D eigenvalue weighted by atomic mass is 10.1. The molecule has 0 aliphatic rings. The molecule has 0 unspecified atom stereocenters. The fraction of sp³-hybridized carbons (Fsp3) is 0.650. The first-order chi connectivity index (χ1) is 11.2. The molecule has 0 heterocycles. The summed E-state index contributed by atoms with van der Waals surface area (Å²) in [6.07, 6.45) is 12.8. The van der Waals surface area contributed by atoms with E-state index in [4.69, 9.17) is 4.74 Å². The zero-order valence-electron chi connectivity index (χ0n) is 14.8. The van der Waals surface area contributed by atoms with Crippen molar-refractivity contribution in [3.8, 4) is 5.75 Å². The first-order valence-corrected chi connectivity index (χ1v) is 9.12. The predicted octanol–water partition coefficient (Wildman–Crippen LogP) is 5.99. The van der Waals surface area contributed by atoms with Gasteiger partial charge in [0.05, 0.1) is 6.61 Å². The Kier molecular flexibility index (Phi) is 10.2. The van der Waals surface area contributed by atoms with Crippen LogP contribution in [0.25, 0.3) is 0 Å². The number of rotatable bonds is 13. The molecule has 0 atom stereocenters. The van der Waals surface area contributed by atoms with Crippen molar-refractivity contribution < 1.29 is 14.6 Å². The average Bonchev–Trinajstić information content (AvgIpc) is 2.52. The van der Waals surface area contributed by atoms with Crippen LogP contribution in [0.3, 0.4) is 0 Å². The highest BCUT2D eigenvalue weighted by atomic mass is 16.5. The molecule has 0 radical (unpaired) electrons. The van der Waals surface area contributed by atoms with Crippen LogP contribution in [0.15, 0.2) is 18.2 Å². The number of aryl methyl sites for hydroxylation is 1. The summed E-state index contributed by atoms with van der Waals surface area (Å²) in [6, 6.07) is 5.39. The van der Waals surface area contributed by atoms with Gasteiger partial charge in [-0.15, -0.1) is 0 Å². The van der Waals surface area contributed by atoms with Gasteiger partial charge in [-0.25, -0.2) is 4.79 Å².